The van der Waals surface area contributed by atoms with Crippen LogP contribution in [0, 0.1) is 6.92 Å². The Morgan fingerprint density at radius 1 is 1.38 bits per heavy atom. The summed E-state index contributed by atoms with van der Waals surface area (Å²) in [7, 11) is -3.52. The fourth-order valence-electron chi connectivity index (χ4n) is 2.74. The van der Waals surface area contributed by atoms with E-state index in [-0.39, 0.29) is 6.04 Å². The highest BCUT2D eigenvalue weighted by molar-refractivity contribution is 7.89. The Morgan fingerprint density at radius 3 is 3.00 bits per heavy atom. The number of hydrogen-bond acceptors (Lipinski definition) is 4. The predicted molar refractivity (Wildman–Crippen MR) is 82.7 cm³/mol. The van der Waals surface area contributed by atoms with Crippen molar-refractivity contribution >= 4 is 20.9 Å². The van der Waals surface area contributed by atoms with Crippen molar-refractivity contribution in [1.29, 1.82) is 0 Å². The van der Waals surface area contributed by atoms with Crippen molar-refractivity contribution in [1.82, 2.24) is 15.0 Å². The first-order chi connectivity index (χ1) is 10.1. The lowest BCUT2D eigenvalue weighted by molar-refractivity contribution is 0.552. The Balaban J connectivity index is 1.93. The number of rotatable bonds is 4. The second-order valence-corrected chi connectivity index (χ2v) is 7.16. The zero-order valence-corrected chi connectivity index (χ0v) is 12.8. The van der Waals surface area contributed by atoms with Crippen LogP contribution >= 0.6 is 0 Å². The first-order valence-corrected chi connectivity index (χ1v) is 8.63. The molecule has 2 N–H and O–H groups in total. The molecule has 0 spiro atoms. The molecule has 112 valence electrons. The molecule has 1 atom stereocenters. The van der Waals surface area contributed by atoms with Gasteiger partial charge in [0.2, 0.25) is 10.0 Å². The number of sulfonamides is 1. The second kappa shape index (κ2) is 5.71. The van der Waals surface area contributed by atoms with Gasteiger partial charge < -0.3 is 5.32 Å². The molecule has 0 saturated carbocycles. The lowest BCUT2D eigenvalue weighted by Gasteiger charge is -2.13. The van der Waals surface area contributed by atoms with Gasteiger partial charge in [0.25, 0.3) is 0 Å². The van der Waals surface area contributed by atoms with Gasteiger partial charge in [0, 0.05) is 24.2 Å². The van der Waals surface area contributed by atoms with Gasteiger partial charge in [0.05, 0.1) is 10.4 Å². The molecule has 1 fully saturated rings. The molecular formula is C15H19N3O2S. The molecule has 1 aromatic carbocycles. The summed E-state index contributed by atoms with van der Waals surface area (Å²) in [4.78, 5) is 4.59. The third-order valence-electron chi connectivity index (χ3n) is 3.90. The molecule has 1 aliphatic rings. The minimum absolute atomic E-state index is 0.231. The molecule has 1 unspecified atom stereocenters. The number of pyridine rings is 1. The van der Waals surface area contributed by atoms with Crippen LogP contribution in [0.3, 0.4) is 0 Å². The quantitative estimate of drug-likeness (QED) is 0.899. The number of fused-ring (bicyclic) bond motifs is 1. The fraction of sp³-hybridized carbons (Fsp3) is 0.400. The summed E-state index contributed by atoms with van der Waals surface area (Å²) < 4.78 is 27.8. The maximum absolute atomic E-state index is 12.5. The van der Waals surface area contributed by atoms with Crippen LogP contribution < -0.4 is 10.0 Å². The first-order valence-electron chi connectivity index (χ1n) is 7.15. The van der Waals surface area contributed by atoms with E-state index < -0.39 is 10.0 Å². The molecule has 0 bridgehead atoms. The first kappa shape index (κ1) is 14.4. The van der Waals surface area contributed by atoms with Gasteiger partial charge in [-0.15, -0.1) is 0 Å². The Kier molecular flexibility index (Phi) is 3.93. The highest BCUT2D eigenvalue weighted by atomic mass is 32.2. The minimum atomic E-state index is -3.52. The highest BCUT2D eigenvalue weighted by Gasteiger charge is 2.21. The number of benzene rings is 1. The summed E-state index contributed by atoms with van der Waals surface area (Å²) in [5, 5.41) is 3.96. The molecule has 1 aromatic heterocycles. The molecule has 21 heavy (non-hydrogen) atoms. The number of hydrogen-bond donors (Lipinski definition) is 2. The molecule has 2 aromatic rings. The Morgan fingerprint density at radius 2 is 2.24 bits per heavy atom. The van der Waals surface area contributed by atoms with Crippen LogP contribution in [0.1, 0.15) is 18.4 Å². The summed E-state index contributed by atoms with van der Waals surface area (Å²) in [6.45, 7) is 3.32. The van der Waals surface area contributed by atoms with E-state index in [2.05, 4.69) is 15.0 Å². The highest BCUT2D eigenvalue weighted by Crippen LogP contribution is 2.24. The normalized spacial score (nSPS) is 19.2. The molecule has 1 aliphatic heterocycles. The van der Waals surface area contributed by atoms with E-state index in [1.807, 2.05) is 6.92 Å². The number of nitrogens with zero attached hydrogens (tertiary/aromatic N) is 1. The lowest BCUT2D eigenvalue weighted by atomic mass is 10.1. The van der Waals surface area contributed by atoms with Crippen molar-refractivity contribution in [3.8, 4) is 0 Å². The van der Waals surface area contributed by atoms with E-state index in [0.717, 1.165) is 30.5 Å². The van der Waals surface area contributed by atoms with Crippen molar-refractivity contribution < 1.29 is 8.42 Å². The van der Waals surface area contributed by atoms with Crippen molar-refractivity contribution in [2.24, 2.45) is 0 Å². The van der Waals surface area contributed by atoms with Crippen LogP contribution in [0.15, 0.2) is 35.4 Å². The van der Waals surface area contributed by atoms with Crippen LogP contribution in [0.4, 0.5) is 0 Å². The van der Waals surface area contributed by atoms with Gasteiger partial charge in [-0.05, 0) is 50.1 Å². The van der Waals surface area contributed by atoms with Crippen molar-refractivity contribution in [2.75, 3.05) is 13.1 Å². The van der Waals surface area contributed by atoms with Gasteiger partial charge in [-0.2, -0.15) is 0 Å². The Hall–Kier alpha value is -1.50. The average molecular weight is 305 g/mol. The summed E-state index contributed by atoms with van der Waals surface area (Å²) in [6.07, 6.45) is 3.80. The summed E-state index contributed by atoms with van der Waals surface area (Å²) in [5.74, 6) is 0. The van der Waals surface area contributed by atoms with E-state index in [0.29, 0.717) is 16.8 Å². The Bertz CT molecular complexity index is 753. The predicted octanol–water partition coefficient (Wildman–Crippen LogP) is 1.57. The third-order valence-corrected chi connectivity index (χ3v) is 5.38. The van der Waals surface area contributed by atoms with E-state index in [1.165, 1.54) is 0 Å². The second-order valence-electron chi connectivity index (χ2n) is 5.43. The molecule has 6 heteroatoms. The van der Waals surface area contributed by atoms with Crippen LogP contribution in [0.5, 0.6) is 0 Å². The largest absolute Gasteiger partial charge is 0.313 e. The van der Waals surface area contributed by atoms with Crippen LogP contribution in [-0.2, 0) is 10.0 Å². The van der Waals surface area contributed by atoms with E-state index in [4.69, 9.17) is 0 Å². The molecule has 0 radical (unpaired) electrons. The minimum Gasteiger partial charge on any atom is -0.313 e. The summed E-state index contributed by atoms with van der Waals surface area (Å²) in [5.41, 5.74) is 1.71. The van der Waals surface area contributed by atoms with Gasteiger partial charge in [0.15, 0.2) is 0 Å². The number of aromatic nitrogens is 1. The van der Waals surface area contributed by atoms with Crippen molar-refractivity contribution in [3.05, 3.63) is 36.0 Å². The third kappa shape index (κ3) is 2.92. The molecule has 0 aliphatic carbocycles. The molecule has 1 saturated heterocycles. The monoisotopic (exact) mass is 305 g/mol. The van der Waals surface area contributed by atoms with Gasteiger partial charge in [0.1, 0.15) is 0 Å². The number of nitrogens with one attached hydrogen (secondary N) is 2. The lowest BCUT2D eigenvalue weighted by Crippen LogP contribution is -2.37. The van der Waals surface area contributed by atoms with E-state index in [9.17, 15) is 8.42 Å². The Labute approximate surface area is 124 Å². The van der Waals surface area contributed by atoms with Gasteiger partial charge in [-0.3, -0.25) is 4.98 Å². The molecular weight excluding hydrogens is 286 g/mol. The van der Waals surface area contributed by atoms with Crippen LogP contribution in [-0.4, -0.2) is 32.5 Å². The molecule has 0 amide bonds. The standard InChI is InChI=1S/C15H19N3O2S/c1-11-6-7-14(13-5-3-9-17-15(11)13)21(19,20)18-10-12-4-2-8-16-12/h3,5-7,9,12,16,18H,2,4,8,10H2,1H3. The van der Waals surface area contributed by atoms with Crippen molar-refractivity contribution in [2.45, 2.75) is 30.7 Å². The summed E-state index contributed by atoms with van der Waals surface area (Å²) >= 11 is 0. The van der Waals surface area contributed by atoms with E-state index in [1.54, 1.807) is 30.5 Å². The van der Waals surface area contributed by atoms with Crippen LogP contribution in [0.25, 0.3) is 10.9 Å². The van der Waals surface area contributed by atoms with Gasteiger partial charge >= 0.3 is 0 Å². The molecule has 2 heterocycles. The SMILES string of the molecule is Cc1ccc(S(=O)(=O)NCC2CCCN2)c2cccnc12. The van der Waals surface area contributed by atoms with Gasteiger partial charge in [-0.1, -0.05) is 6.07 Å². The average Bonchev–Trinajstić information content (AvgIpc) is 2.99. The maximum atomic E-state index is 12.5. The summed E-state index contributed by atoms with van der Waals surface area (Å²) in [6, 6.07) is 7.26. The number of aryl methyl sites for hydroxylation is 1. The molecule has 3 rings (SSSR count). The smallest absolute Gasteiger partial charge is 0.241 e. The van der Waals surface area contributed by atoms with E-state index >= 15 is 0 Å². The zero-order chi connectivity index (χ0) is 14.9. The van der Waals surface area contributed by atoms with Gasteiger partial charge in [-0.25, -0.2) is 13.1 Å². The maximum Gasteiger partial charge on any atom is 0.241 e. The zero-order valence-electron chi connectivity index (χ0n) is 12.0. The van der Waals surface area contributed by atoms with Crippen LogP contribution in [0.2, 0.25) is 0 Å². The topological polar surface area (TPSA) is 71.1 Å². The van der Waals surface area contributed by atoms with Crippen molar-refractivity contribution in [3.63, 3.8) is 0 Å². The fourth-order valence-corrected chi connectivity index (χ4v) is 4.02. The molecule has 5 nitrogen and oxygen atoms in total.